The van der Waals surface area contributed by atoms with Crippen molar-refractivity contribution in [3.63, 3.8) is 0 Å². The van der Waals surface area contributed by atoms with Crippen molar-refractivity contribution in [2.75, 3.05) is 24.5 Å². The second-order valence-electron chi connectivity index (χ2n) is 8.49. The zero-order chi connectivity index (χ0) is 23.2. The molecule has 6 rings (SSSR count). The van der Waals surface area contributed by atoms with E-state index in [1.807, 2.05) is 30.6 Å². The number of piperazine rings is 1. The Kier molecular flexibility index (Phi) is 4.74. The highest BCUT2D eigenvalue weighted by molar-refractivity contribution is 6.30. The Bertz CT molecular complexity index is 1480. The summed E-state index contributed by atoms with van der Waals surface area (Å²) >= 11 is 0. The number of aromatic amines is 2. The minimum absolute atomic E-state index is 0.398. The molecule has 0 aliphatic carbocycles. The first-order valence-electron chi connectivity index (χ1n) is 11.1. The summed E-state index contributed by atoms with van der Waals surface area (Å²) in [6, 6.07) is 14.3. The van der Waals surface area contributed by atoms with Crippen molar-refractivity contribution >= 4 is 39.4 Å². The number of hydroxylamine groups is 2. The largest absolute Gasteiger partial charge is 0.436 e. The van der Waals surface area contributed by atoms with Crippen molar-refractivity contribution in [1.82, 2.24) is 15.0 Å². The number of nitrogens with zero attached hydrogens (tertiary/aromatic N) is 3. The first kappa shape index (κ1) is 20.3. The lowest BCUT2D eigenvalue weighted by molar-refractivity contribution is -0.267. The minimum atomic E-state index is -0.976. The van der Waals surface area contributed by atoms with Crippen molar-refractivity contribution in [3.05, 3.63) is 65.5 Å². The summed E-state index contributed by atoms with van der Waals surface area (Å²) in [6.45, 7) is 1.45. The molecular weight excluding hydrogens is 434 g/mol. The molecule has 9 nitrogen and oxygen atoms in total. The smallest absolute Gasteiger partial charge is 0.433 e. The molecule has 0 saturated carbocycles. The van der Waals surface area contributed by atoms with Gasteiger partial charge >= 0.3 is 11.9 Å². The number of carbonyl (C=O) groups is 2. The van der Waals surface area contributed by atoms with Crippen LogP contribution in [-0.4, -0.2) is 52.8 Å². The van der Waals surface area contributed by atoms with Crippen LogP contribution in [0.25, 0.3) is 21.8 Å². The van der Waals surface area contributed by atoms with Gasteiger partial charge in [-0.25, -0.2) is 9.59 Å². The Labute approximate surface area is 194 Å². The van der Waals surface area contributed by atoms with E-state index in [-0.39, 0.29) is 0 Å². The fraction of sp³-hybridized carbons (Fsp3) is 0.240. The fourth-order valence-corrected chi connectivity index (χ4v) is 4.97. The van der Waals surface area contributed by atoms with Crippen LogP contribution < -0.4 is 4.90 Å². The first-order valence-corrected chi connectivity index (χ1v) is 11.1. The average Bonchev–Trinajstić information content (AvgIpc) is 3.50. The van der Waals surface area contributed by atoms with Gasteiger partial charge in [-0.05, 0) is 42.2 Å². The average molecular weight is 455 g/mol. The normalized spacial score (nSPS) is 18.6. The van der Waals surface area contributed by atoms with Crippen molar-refractivity contribution in [2.24, 2.45) is 0 Å². The van der Waals surface area contributed by atoms with Crippen molar-refractivity contribution < 1.29 is 19.2 Å². The number of nitrogens with one attached hydrogen (secondary N) is 2. The third-order valence-electron chi connectivity index (χ3n) is 6.59. The molecule has 1 unspecified atom stereocenters. The van der Waals surface area contributed by atoms with Crippen LogP contribution in [0.1, 0.15) is 16.7 Å². The van der Waals surface area contributed by atoms with E-state index in [2.05, 4.69) is 39.1 Å². The highest BCUT2D eigenvalue weighted by Crippen LogP contribution is 2.34. The molecule has 2 aliphatic heterocycles. The van der Waals surface area contributed by atoms with Gasteiger partial charge in [0.25, 0.3) is 0 Å². The van der Waals surface area contributed by atoms with Gasteiger partial charge in [0.05, 0.1) is 24.2 Å². The van der Waals surface area contributed by atoms with Gasteiger partial charge < -0.3 is 24.4 Å². The predicted molar refractivity (Wildman–Crippen MR) is 124 cm³/mol. The molecule has 1 atom stereocenters. The van der Waals surface area contributed by atoms with Crippen LogP contribution >= 0.6 is 0 Å². The van der Waals surface area contributed by atoms with E-state index in [0.29, 0.717) is 25.2 Å². The van der Waals surface area contributed by atoms with E-state index in [9.17, 15) is 14.9 Å². The zero-order valence-electron chi connectivity index (χ0n) is 18.2. The number of aryl methyl sites for hydroxylation is 2. The van der Waals surface area contributed by atoms with Gasteiger partial charge in [-0.2, -0.15) is 5.26 Å². The number of esters is 1. The van der Waals surface area contributed by atoms with Crippen LogP contribution in [0.2, 0.25) is 0 Å². The first-order chi connectivity index (χ1) is 16.6. The number of nitriles is 1. The molecule has 0 spiro atoms. The molecule has 2 N–H and O–H groups in total. The number of para-hydroxylation sites is 1. The zero-order valence-corrected chi connectivity index (χ0v) is 18.2. The molecule has 2 fully saturated rings. The van der Waals surface area contributed by atoms with Crippen molar-refractivity contribution in [1.29, 1.82) is 5.26 Å². The maximum absolute atomic E-state index is 11.7. The summed E-state index contributed by atoms with van der Waals surface area (Å²) in [4.78, 5) is 37.1. The van der Waals surface area contributed by atoms with Gasteiger partial charge in [0.15, 0.2) is 0 Å². The second-order valence-corrected chi connectivity index (χ2v) is 8.49. The van der Waals surface area contributed by atoms with E-state index < -0.39 is 18.2 Å². The molecule has 9 heteroatoms. The van der Waals surface area contributed by atoms with Crippen LogP contribution in [0, 0.1) is 11.3 Å². The summed E-state index contributed by atoms with van der Waals surface area (Å²) in [5, 5.41) is 13.0. The highest BCUT2D eigenvalue weighted by atomic mass is 16.8. The molecule has 4 heterocycles. The fourth-order valence-electron chi connectivity index (χ4n) is 4.97. The number of hydrogen-bond donors (Lipinski definition) is 2. The quantitative estimate of drug-likeness (QED) is 0.359. The summed E-state index contributed by atoms with van der Waals surface area (Å²) in [5.41, 5.74) is 5.95. The van der Waals surface area contributed by atoms with E-state index in [1.165, 1.54) is 10.6 Å². The SMILES string of the molecule is N#Cc1cccc2c(CCc3ccc4[nH]ccc4c3N3CCN4OC(=O)C(=O)OC4C3)c[nH]c12. The van der Waals surface area contributed by atoms with E-state index >= 15 is 0 Å². The van der Waals surface area contributed by atoms with Crippen LogP contribution in [0.4, 0.5) is 5.69 Å². The van der Waals surface area contributed by atoms with Crippen LogP contribution in [-0.2, 0) is 32.0 Å². The third kappa shape index (κ3) is 3.27. The van der Waals surface area contributed by atoms with E-state index in [1.54, 1.807) is 0 Å². The Balaban J connectivity index is 1.31. The molecule has 0 bridgehead atoms. The van der Waals surface area contributed by atoms with E-state index in [0.717, 1.165) is 45.9 Å². The molecule has 34 heavy (non-hydrogen) atoms. The van der Waals surface area contributed by atoms with Gasteiger partial charge in [-0.3, -0.25) is 0 Å². The molecule has 2 aromatic carbocycles. The third-order valence-corrected chi connectivity index (χ3v) is 6.59. The van der Waals surface area contributed by atoms with Crippen LogP contribution in [0.5, 0.6) is 0 Å². The van der Waals surface area contributed by atoms with E-state index in [4.69, 9.17) is 9.57 Å². The second kappa shape index (κ2) is 7.93. The van der Waals surface area contributed by atoms with Crippen molar-refractivity contribution in [3.8, 4) is 6.07 Å². The van der Waals surface area contributed by atoms with Crippen LogP contribution in [0.15, 0.2) is 48.8 Å². The molecule has 0 amide bonds. The number of ether oxygens (including phenoxy) is 1. The summed E-state index contributed by atoms with van der Waals surface area (Å²) in [7, 11) is 0. The Hall–Kier alpha value is -4.29. The lowest BCUT2D eigenvalue weighted by atomic mass is 9.99. The Morgan fingerprint density at radius 1 is 1.00 bits per heavy atom. The summed E-state index contributed by atoms with van der Waals surface area (Å²) in [6.07, 6.45) is 4.85. The Morgan fingerprint density at radius 3 is 2.76 bits per heavy atom. The maximum atomic E-state index is 11.7. The molecule has 0 radical (unpaired) electrons. The van der Waals surface area contributed by atoms with Crippen LogP contribution in [0.3, 0.4) is 0 Å². The van der Waals surface area contributed by atoms with Crippen molar-refractivity contribution in [2.45, 2.75) is 19.1 Å². The number of aromatic nitrogens is 2. The lowest BCUT2D eigenvalue weighted by Crippen LogP contribution is -2.59. The topological polar surface area (TPSA) is 114 Å². The number of hydrogen-bond acceptors (Lipinski definition) is 7. The summed E-state index contributed by atoms with van der Waals surface area (Å²) in [5.74, 6) is -1.93. The molecule has 2 aliphatic rings. The molecular formula is C25H21N5O4. The highest BCUT2D eigenvalue weighted by Gasteiger charge is 2.41. The Morgan fingerprint density at radius 2 is 1.88 bits per heavy atom. The number of fused-ring (bicyclic) bond motifs is 3. The number of anilines is 1. The molecule has 2 saturated heterocycles. The minimum Gasteiger partial charge on any atom is -0.433 e. The molecule has 2 aromatic heterocycles. The number of rotatable bonds is 4. The van der Waals surface area contributed by atoms with Gasteiger partial charge in [-0.1, -0.05) is 23.3 Å². The predicted octanol–water partition coefficient (Wildman–Crippen LogP) is 2.77. The maximum Gasteiger partial charge on any atom is 0.436 e. The summed E-state index contributed by atoms with van der Waals surface area (Å²) < 4.78 is 5.31. The number of benzene rings is 2. The standard InChI is InChI=1S/C25H21N5O4/c26-12-16-2-1-3-18-17(13-28-22(16)18)5-4-15-6-7-20-19(8-9-27-20)23(15)29-10-11-30-21(14-29)33-24(31)25(32)34-30/h1-3,6-9,13,21,27-28H,4-5,10-11,14H2. The number of carbonyl (C=O) groups excluding carboxylic acids is 2. The number of H-pyrrole nitrogens is 2. The molecule has 4 aromatic rings. The molecule has 170 valence electrons. The van der Waals surface area contributed by atoms with Gasteiger partial charge in [0.2, 0.25) is 6.23 Å². The van der Waals surface area contributed by atoms with Gasteiger partial charge in [0.1, 0.15) is 6.07 Å². The lowest BCUT2D eigenvalue weighted by Gasteiger charge is -2.42. The van der Waals surface area contributed by atoms with Gasteiger partial charge in [0, 0.05) is 40.9 Å². The van der Waals surface area contributed by atoms with Gasteiger partial charge in [-0.15, -0.1) is 0 Å². The monoisotopic (exact) mass is 455 g/mol.